The standard InChI is InChI=1S/C40H66NO3.ClH/c1-3-5-7-9-11-12-13-14-15-17-25-31-40(43)44-33-32-41(34-37-26-20-18-21-27-37,35-38-28-22-19-23-29-38)36-39(42)30-24-16-10-8-6-4-2;/h18-23,26-29,39,42H,3-17,24-25,30-36H2,1-2H3;1H/q+1;/p-1. The first-order valence-corrected chi connectivity index (χ1v) is 18.3. The minimum Gasteiger partial charge on any atom is -1.00 e. The van der Waals surface area contributed by atoms with Crippen LogP contribution >= 0.6 is 0 Å². The van der Waals surface area contributed by atoms with Crippen molar-refractivity contribution in [3.05, 3.63) is 71.8 Å². The van der Waals surface area contributed by atoms with Crippen LogP contribution in [0, 0.1) is 0 Å². The molecule has 0 bridgehead atoms. The summed E-state index contributed by atoms with van der Waals surface area (Å²) in [6.07, 6.45) is 22.3. The quantitative estimate of drug-likeness (QED) is 0.0591. The highest BCUT2D eigenvalue weighted by molar-refractivity contribution is 5.69. The van der Waals surface area contributed by atoms with Crippen LogP contribution in [-0.2, 0) is 22.6 Å². The number of benzene rings is 2. The van der Waals surface area contributed by atoms with Gasteiger partial charge in [0.05, 0.1) is 0 Å². The molecule has 5 heteroatoms. The first kappa shape index (κ1) is 41.1. The van der Waals surface area contributed by atoms with Crippen molar-refractivity contribution in [1.29, 1.82) is 0 Å². The van der Waals surface area contributed by atoms with E-state index < -0.39 is 0 Å². The van der Waals surface area contributed by atoms with Crippen LogP contribution in [0.2, 0.25) is 0 Å². The number of unbranched alkanes of at least 4 members (excludes halogenated alkanes) is 15. The van der Waals surface area contributed by atoms with Crippen LogP contribution in [0.15, 0.2) is 60.7 Å². The molecule has 1 atom stereocenters. The summed E-state index contributed by atoms with van der Waals surface area (Å²) in [5, 5.41) is 11.3. The topological polar surface area (TPSA) is 46.5 Å². The summed E-state index contributed by atoms with van der Waals surface area (Å²) in [5.41, 5.74) is 2.50. The van der Waals surface area contributed by atoms with Gasteiger partial charge in [0.15, 0.2) is 0 Å². The zero-order valence-electron chi connectivity index (χ0n) is 28.9. The van der Waals surface area contributed by atoms with Crippen LogP contribution in [0.3, 0.4) is 0 Å². The zero-order valence-corrected chi connectivity index (χ0v) is 29.7. The monoisotopic (exact) mass is 643 g/mol. The molecule has 4 nitrogen and oxygen atoms in total. The van der Waals surface area contributed by atoms with Crippen molar-refractivity contribution in [2.75, 3.05) is 19.7 Å². The Balaban J connectivity index is 0.0000101. The van der Waals surface area contributed by atoms with E-state index in [-0.39, 0.29) is 24.5 Å². The van der Waals surface area contributed by atoms with E-state index >= 15 is 0 Å². The molecule has 0 aliphatic carbocycles. The molecule has 0 fully saturated rings. The third kappa shape index (κ3) is 20.8. The first-order chi connectivity index (χ1) is 21.6. The fourth-order valence-electron chi connectivity index (χ4n) is 6.43. The Morgan fingerprint density at radius 1 is 0.644 bits per heavy atom. The minimum atomic E-state index is -0.374. The molecule has 0 spiro atoms. The van der Waals surface area contributed by atoms with Gasteiger partial charge in [-0.05, 0) is 12.8 Å². The molecule has 256 valence electrons. The van der Waals surface area contributed by atoms with Crippen molar-refractivity contribution in [3.63, 3.8) is 0 Å². The van der Waals surface area contributed by atoms with E-state index in [1.165, 1.54) is 101 Å². The third-order valence-electron chi connectivity index (χ3n) is 9.02. The highest BCUT2D eigenvalue weighted by atomic mass is 35.5. The molecule has 0 aliphatic rings. The number of aliphatic hydroxyl groups is 1. The smallest absolute Gasteiger partial charge is 0.305 e. The van der Waals surface area contributed by atoms with Gasteiger partial charge in [-0.25, -0.2) is 0 Å². The summed E-state index contributed by atoms with van der Waals surface area (Å²) < 4.78 is 6.52. The van der Waals surface area contributed by atoms with Gasteiger partial charge in [0.2, 0.25) is 0 Å². The van der Waals surface area contributed by atoms with Crippen LogP contribution in [0.1, 0.15) is 147 Å². The Hall–Kier alpha value is -1.88. The molecule has 45 heavy (non-hydrogen) atoms. The molecule has 1 unspecified atom stereocenters. The van der Waals surface area contributed by atoms with Crippen molar-refractivity contribution in [2.45, 2.75) is 155 Å². The molecule has 0 saturated heterocycles. The Morgan fingerprint density at radius 3 is 1.53 bits per heavy atom. The maximum absolute atomic E-state index is 12.7. The lowest BCUT2D eigenvalue weighted by atomic mass is 10.0. The average Bonchev–Trinajstić information content (AvgIpc) is 3.02. The van der Waals surface area contributed by atoms with Gasteiger partial charge in [0.1, 0.15) is 38.9 Å². The van der Waals surface area contributed by atoms with Gasteiger partial charge in [-0.2, -0.15) is 0 Å². The molecule has 0 amide bonds. The number of nitrogens with zero attached hydrogens (tertiary/aromatic N) is 1. The van der Waals surface area contributed by atoms with E-state index in [1.807, 2.05) is 0 Å². The second-order valence-electron chi connectivity index (χ2n) is 13.3. The second kappa shape index (κ2) is 27.3. The molecular weight excluding hydrogens is 578 g/mol. The van der Waals surface area contributed by atoms with Gasteiger partial charge in [-0.15, -0.1) is 0 Å². The van der Waals surface area contributed by atoms with E-state index in [0.717, 1.165) is 38.8 Å². The fraction of sp³-hybridized carbons (Fsp3) is 0.675. The number of halogens is 1. The highest BCUT2D eigenvalue weighted by Crippen LogP contribution is 2.23. The molecule has 0 aromatic heterocycles. The SMILES string of the molecule is CCCCCCCCCCCCCC(=O)OCC[N+](Cc1ccccc1)(Cc1ccccc1)CC(O)CCCCCCCC.[Cl-]. The van der Waals surface area contributed by atoms with Crippen molar-refractivity contribution >= 4 is 5.97 Å². The number of aliphatic hydroxyl groups excluding tert-OH is 1. The molecular formula is C40H66ClNO3. The molecule has 1 N–H and O–H groups in total. The van der Waals surface area contributed by atoms with Crippen LogP contribution < -0.4 is 12.4 Å². The Morgan fingerprint density at radius 2 is 1.07 bits per heavy atom. The molecule has 0 heterocycles. The van der Waals surface area contributed by atoms with Gasteiger partial charge in [0, 0.05) is 17.5 Å². The number of hydrogen-bond acceptors (Lipinski definition) is 3. The number of rotatable bonds is 28. The summed E-state index contributed by atoms with van der Waals surface area (Å²) in [7, 11) is 0. The van der Waals surface area contributed by atoms with E-state index in [1.54, 1.807) is 0 Å². The van der Waals surface area contributed by atoms with Gasteiger partial charge in [0.25, 0.3) is 0 Å². The number of carbonyl (C=O) groups is 1. The summed E-state index contributed by atoms with van der Waals surface area (Å²) in [6, 6.07) is 21.2. The fourth-order valence-corrected chi connectivity index (χ4v) is 6.43. The summed E-state index contributed by atoms with van der Waals surface area (Å²) in [6.45, 7) is 7.87. The molecule has 2 aromatic carbocycles. The van der Waals surface area contributed by atoms with Crippen molar-refractivity contribution in [2.24, 2.45) is 0 Å². The van der Waals surface area contributed by atoms with Gasteiger partial charge in [-0.1, -0.05) is 177 Å². The molecule has 2 rings (SSSR count). The van der Waals surface area contributed by atoms with Gasteiger partial charge >= 0.3 is 5.97 Å². The number of quaternary nitrogens is 1. The lowest BCUT2D eigenvalue weighted by molar-refractivity contribution is -0.956. The lowest BCUT2D eigenvalue weighted by Gasteiger charge is -2.40. The predicted molar refractivity (Wildman–Crippen MR) is 186 cm³/mol. The zero-order chi connectivity index (χ0) is 31.6. The molecule has 2 aromatic rings. The Labute approximate surface area is 283 Å². The maximum Gasteiger partial charge on any atom is 0.305 e. The second-order valence-corrected chi connectivity index (χ2v) is 13.3. The van der Waals surface area contributed by atoms with Crippen LogP contribution in [0.4, 0.5) is 0 Å². The molecule has 0 aliphatic heterocycles. The van der Waals surface area contributed by atoms with Gasteiger partial charge < -0.3 is 26.7 Å². The van der Waals surface area contributed by atoms with Crippen LogP contribution in [0.25, 0.3) is 0 Å². The normalized spacial score (nSPS) is 12.1. The Bertz CT molecular complexity index is 898. The van der Waals surface area contributed by atoms with E-state index in [4.69, 9.17) is 4.74 Å². The summed E-state index contributed by atoms with van der Waals surface area (Å²) in [5.74, 6) is -0.0777. The predicted octanol–water partition coefficient (Wildman–Crippen LogP) is 7.56. The largest absolute Gasteiger partial charge is 1.00 e. The third-order valence-corrected chi connectivity index (χ3v) is 9.02. The average molecular weight is 644 g/mol. The van der Waals surface area contributed by atoms with E-state index in [0.29, 0.717) is 30.6 Å². The van der Waals surface area contributed by atoms with E-state index in [2.05, 4.69) is 74.5 Å². The summed E-state index contributed by atoms with van der Waals surface area (Å²) >= 11 is 0. The van der Waals surface area contributed by atoms with Crippen molar-refractivity contribution in [1.82, 2.24) is 0 Å². The van der Waals surface area contributed by atoms with Gasteiger partial charge in [-0.3, -0.25) is 4.79 Å². The highest BCUT2D eigenvalue weighted by Gasteiger charge is 2.31. The lowest BCUT2D eigenvalue weighted by Crippen LogP contribution is -3.00. The van der Waals surface area contributed by atoms with Crippen LogP contribution in [0.5, 0.6) is 0 Å². The molecule has 0 radical (unpaired) electrons. The van der Waals surface area contributed by atoms with Crippen molar-refractivity contribution < 1.29 is 31.5 Å². The maximum atomic E-state index is 12.7. The number of hydrogen-bond donors (Lipinski definition) is 1. The summed E-state index contributed by atoms with van der Waals surface area (Å²) in [4.78, 5) is 12.7. The minimum absolute atomic E-state index is 0. The Kier molecular flexibility index (Phi) is 24.9. The van der Waals surface area contributed by atoms with Crippen LogP contribution in [-0.4, -0.2) is 41.4 Å². The number of esters is 1. The molecule has 0 saturated carbocycles. The number of ether oxygens (including phenoxy) is 1. The number of carbonyl (C=O) groups excluding carboxylic acids is 1. The first-order valence-electron chi connectivity index (χ1n) is 18.3. The van der Waals surface area contributed by atoms with E-state index in [9.17, 15) is 9.90 Å². The van der Waals surface area contributed by atoms with Crippen molar-refractivity contribution in [3.8, 4) is 0 Å².